The average Bonchev–Trinajstić information content (AvgIpc) is 1.51. The molecule has 4 aliphatic carbocycles. The number of furan rings is 2. The van der Waals surface area contributed by atoms with Gasteiger partial charge < -0.3 is 13.7 Å². The number of para-hydroxylation sites is 2. The highest BCUT2D eigenvalue weighted by Gasteiger charge is 2.51. The Morgan fingerprint density at radius 2 is 0.788 bits per heavy atom. The van der Waals surface area contributed by atoms with Gasteiger partial charge in [-0.05, 0) is 189 Å². The second-order valence-electron chi connectivity index (χ2n) is 32.3. The maximum atomic E-state index is 7.15. The van der Waals surface area contributed by atoms with E-state index in [4.69, 9.17) is 8.83 Å². The van der Waals surface area contributed by atoms with Crippen LogP contribution >= 0.6 is 0 Å². The predicted octanol–water partition coefficient (Wildman–Crippen LogP) is 29.7. The molecular formula is C96H111NO2. The zero-order valence-electron chi connectivity index (χ0n) is 62.0. The van der Waals surface area contributed by atoms with Crippen LogP contribution in [-0.2, 0) is 21.7 Å². The van der Waals surface area contributed by atoms with Gasteiger partial charge in [0.25, 0.3) is 0 Å². The summed E-state index contributed by atoms with van der Waals surface area (Å²) in [4.78, 5) is 2.67. The molecular weight excluding hydrogens is 1200 g/mol. The van der Waals surface area contributed by atoms with Crippen molar-refractivity contribution in [3.63, 3.8) is 0 Å². The SMILES string of the molecule is CCCCCCCCC1(CCCCCCCC)c2cc(N(c3ccc4c(c3)C(C)(C)c3c5c(c6oc7ccccc7c6c3-4)-c3ccccc3C5(C)C)c3ccc(C)cc3C)ccc2-c2cc3c(cc21)-c1c(ccc2oc4ccccc4c12)C3(CCCCCCCC)CCCCCCCC. The summed E-state index contributed by atoms with van der Waals surface area (Å²) in [6.07, 6.45) is 35.7. The van der Waals surface area contributed by atoms with Crippen molar-refractivity contribution in [3.8, 4) is 44.5 Å². The maximum absolute atomic E-state index is 7.15. The number of fused-ring (bicyclic) bond motifs is 22. The normalized spacial score (nSPS) is 15.2. The first-order valence-corrected chi connectivity index (χ1v) is 39.7. The highest BCUT2D eigenvalue weighted by Crippen LogP contribution is 2.66. The molecule has 4 aliphatic rings. The standard InChI is InChI=1S/C96H111NO2/c1-11-15-19-23-27-37-55-95(56-38-28-24-20-16-12-2)76-52-54-84-86(71-42-32-35-45-82(71)98-84)85(76)74-63-79-73(62-80(74)95)68-50-48-67(61-78(68)96(79,57-39-29-25-21-17-13-3)58-40-30-26-22-18-14-4)97(81-53-47-64(5)59-65(81)6)66-49-51-70-77(60-66)94(9,10)90-87(70)88-72-43-33-36-46-83(72)99-92(88)89-69-41-31-34-44-75(69)93(7,8)91(89)90/h31-36,41-54,59-63H,11-30,37-40,55-58H2,1-10H3. The Morgan fingerprint density at radius 3 is 1.39 bits per heavy atom. The molecule has 0 amide bonds. The quantitative estimate of drug-likeness (QED) is 0.0406. The Labute approximate surface area is 593 Å². The fourth-order valence-electron chi connectivity index (χ4n) is 20.2. The van der Waals surface area contributed by atoms with E-state index in [9.17, 15) is 0 Å². The summed E-state index contributed by atoms with van der Waals surface area (Å²) in [6, 6.07) is 60.2. The van der Waals surface area contributed by atoms with Gasteiger partial charge in [0.15, 0.2) is 0 Å². The van der Waals surface area contributed by atoms with E-state index in [1.54, 1.807) is 22.3 Å². The van der Waals surface area contributed by atoms with Gasteiger partial charge in [0.1, 0.15) is 22.3 Å². The molecule has 0 bridgehead atoms. The summed E-state index contributed by atoms with van der Waals surface area (Å²) >= 11 is 0. The lowest BCUT2D eigenvalue weighted by Crippen LogP contribution is -2.27. The summed E-state index contributed by atoms with van der Waals surface area (Å²) in [5, 5.41) is 5.04. The Kier molecular flexibility index (Phi) is 18.8. The number of aryl methyl sites for hydroxylation is 2. The molecule has 3 heteroatoms. The van der Waals surface area contributed by atoms with E-state index < -0.39 is 0 Å². The van der Waals surface area contributed by atoms with Crippen LogP contribution in [0.3, 0.4) is 0 Å². The van der Waals surface area contributed by atoms with Crippen LogP contribution in [0.4, 0.5) is 17.1 Å². The van der Waals surface area contributed by atoms with E-state index in [-0.39, 0.29) is 21.7 Å². The van der Waals surface area contributed by atoms with Gasteiger partial charge in [0.05, 0.1) is 0 Å². The van der Waals surface area contributed by atoms with E-state index in [1.165, 1.54) is 283 Å². The van der Waals surface area contributed by atoms with Gasteiger partial charge in [0, 0.05) is 65.8 Å². The highest BCUT2D eigenvalue weighted by atomic mass is 16.3. The largest absolute Gasteiger partial charge is 0.456 e. The first-order chi connectivity index (χ1) is 48.3. The minimum absolute atomic E-state index is 0.0945. The number of hydrogen-bond donors (Lipinski definition) is 0. The molecule has 2 heterocycles. The van der Waals surface area contributed by atoms with E-state index in [0.29, 0.717) is 0 Å². The van der Waals surface area contributed by atoms with Gasteiger partial charge in [-0.3, -0.25) is 0 Å². The molecule has 0 fully saturated rings. The summed E-state index contributed by atoms with van der Waals surface area (Å²) in [7, 11) is 0. The van der Waals surface area contributed by atoms with Gasteiger partial charge in [0.2, 0.25) is 0 Å². The van der Waals surface area contributed by atoms with Crippen molar-refractivity contribution < 1.29 is 8.83 Å². The smallest absolute Gasteiger partial charge is 0.144 e. The molecule has 0 unspecified atom stereocenters. The van der Waals surface area contributed by atoms with Crippen molar-refractivity contribution in [2.45, 2.75) is 271 Å². The van der Waals surface area contributed by atoms with Crippen molar-refractivity contribution in [2.75, 3.05) is 4.90 Å². The Morgan fingerprint density at radius 1 is 0.323 bits per heavy atom. The van der Waals surface area contributed by atoms with E-state index >= 15 is 0 Å². The Hall–Kier alpha value is -7.62. The maximum Gasteiger partial charge on any atom is 0.144 e. The lowest BCUT2D eigenvalue weighted by atomic mass is 9.68. The third kappa shape index (κ3) is 11.4. The molecule has 3 nitrogen and oxygen atoms in total. The second kappa shape index (κ2) is 27.7. The van der Waals surface area contributed by atoms with Crippen molar-refractivity contribution in [1.29, 1.82) is 0 Å². The Bertz CT molecular complexity index is 4770. The number of rotatable bonds is 31. The van der Waals surface area contributed by atoms with Crippen LogP contribution in [0.5, 0.6) is 0 Å². The molecule has 99 heavy (non-hydrogen) atoms. The summed E-state index contributed by atoms with van der Waals surface area (Å²) < 4.78 is 14.1. The van der Waals surface area contributed by atoms with Crippen molar-refractivity contribution in [2.24, 2.45) is 0 Å². The zero-order chi connectivity index (χ0) is 68.2. The first kappa shape index (κ1) is 67.2. The van der Waals surface area contributed by atoms with Gasteiger partial charge in [-0.1, -0.05) is 306 Å². The topological polar surface area (TPSA) is 29.5 Å². The minimum atomic E-state index is -0.333. The van der Waals surface area contributed by atoms with E-state index in [2.05, 4.69) is 226 Å². The number of benzene rings is 9. The van der Waals surface area contributed by atoms with Crippen LogP contribution in [0.1, 0.15) is 291 Å². The van der Waals surface area contributed by atoms with Crippen molar-refractivity contribution >= 4 is 60.9 Å². The van der Waals surface area contributed by atoms with Gasteiger partial charge in [-0.2, -0.15) is 0 Å². The first-order valence-electron chi connectivity index (χ1n) is 39.7. The number of anilines is 3. The molecule has 0 saturated carbocycles. The van der Waals surface area contributed by atoms with Crippen LogP contribution in [0.2, 0.25) is 0 Å². The van der Waals surface area contributed by atoms with Crippen LogP contribution in [0.25, 0.3) is 88.4 Å². The van der Waals surface area contributed by atoms with Crippen LogP contribution in [0, 0.1) is 13.8 Å². The zero-order valence-corrected chi connectivity index (χ0v) is 62.0. The fourth-order valence-corrected chi connectivity index (χ4v) is 20.2. The Balaban J connectivity index is 0.941. The molecule has 2 aromatic heterocycles. The molecule has 0 atom stereocenters. The lowest BCUT2D eigenvalue weighted by Gasteiger charge is -2.35. The molecule has 0 spiro atoms. The third-order valence-electron chi connectivity index (χ3n) is 25.2. The molecule has 11 aromatic rings. The molecule has 0 aliphatic heterocycles. The number of hydrogen-bond acceptors (Lipinski definition) is 3. The van der Waals surface area contributed by atoms with Crippen molar-refractivity contribution in [1.82, 2.24) is 0 Å². The lowest BCUT2D eigenvalue weighted by molar-refractivity contribution is 0.394. The van der Waals surface area contributed by atoms with E-state index in [0.717, 1.165) is 35.2 Å². The van der Waals surface area contributed by atoms with Gasteiger partial charge >= 0.3 is 0 Å². The molecule has 0 radical (unpaired) electrons. The summed E-state index contributed by atoms with van der Waals surface area (Å²) in [5.41, 5.74) is 32.6. The molecule has 0 saturated heterocycles. The predicted molar refractivity (Wildman–Crippen MR) is 425 cm³/mol. The molecule has 9 aromatic carbocycles. The monoisotopic (exact) mass is 1310 g/mol. The summed E-state index contributed by atoms with van der Waals surface area (Å²) in [5.74, 6) is 0. The molecule has 15 rings (SSSR count). The van der Waals surface area contributed by atoms with Crippen LogP contribution in [0.15, 0.2) is 160 Å². The molecule has 512 valence electrons. The molecule has 0 N–H and O–H groups in total. The summed E-state index contributed by atoms with van der Waals surface area (Å²) in [6.45, 7) is 24.0. The minimum Gasteiger partial charge on any atom is -0.456 e. The number of nitrogens with zero attached hydrogens (tertiary/aromatic N) is 1. The number of unbranched alkanes of at least 4 members (excludes halogenated alkanes) is 20. The van der Waals surface area contributed by atoms with Gasteiger partial charge in [-0.15, -0.1) is 0 Å². The van der Waals surface area contributed by atoms with E-state index in [1.807, 2.05) is 0 Å². The van der Waals surface area contributed by atoms with Crippen LogP contribution in [-0.4, -0.2) is 0 Å². The van der Waals surface area contributed by atoms with Crippen LogP contribution < -0.4 is 4.90 Å². The van der Waals surface area contributed by atoms with Crippen molar-refractivity contribution in [3.05, 3.63) is 207 Å². The van der Waals surface area contributed by atoms with Gasteiger partial charge in [-0.25, -0.2) is 0 Å². The third-order valence-corrected chi connectivity index (χ3v) is 25.2. The average molecular weight is 1310 g/mol. The fraction of sp³-hybridized carbons (Fsp3) is 0.438. The highest BCUT2D eigenvalue weighted by molar-refractivity contribution is 6.21. The second-order valence-corrected chi connectivity index (χ2v) is 32.3.